The van der Waals surface area contributed by atoms with Gasteiger partial charge < -0.3 is 0 Å². The fourth-order valence-electron chi connectivity index (χ4n) is 0.980. The van der Waals surface area contributed by atoms with E-state index in [1.54, 1.807) is 22.9 Å². The fraction of sp³-hybridized carbons (Fsp3) is 0. The summed E-state index contributed by atoms with van der Waals surface area (Å²) in [5.41, 5.74) is 0.00806. The number of carbonyl (C=O) groups excluding carboxylic acids is 1. The van der Waals surface area contributed by atoms with Gasteiger partial charge in [0.25, 0.3) is 0 Å². The largest absolute Gasteiger partial charge is 0.336 e. The normalized spacial score (nSPS) is 10.2. The fourth-order valence-corrected chi connectivity index (χ4v) is 0.980. The van der Waals surface area contributed by atoms with Crippen molar-refractivity contribution in [3.63, 3.8) is 0 Å². The van der Waals surface area contributed by atoms with Gasteiger partial charge in [0.15, 0.2) is 5.69 Å². The van der Waals surface area contributed by atoms with Crippen molar-refractivity contribution in [1.82, 2.24) is 14.4 Å². The smallest absolute Gasteiger partial charge is 0.290 e. The summed E-state index contributed by atoms with van der Waals surface area (Å²) >= 11 is 0. The van der Waals surface area contributed by atoms with Gasteiger partial charge in [0.05, 0.1) is 0 Å². The number of rotatable bonds is 1. The van der Waals surface area contributed by atoms with Crippen molar-refractivity contribution in [3.05, 3.63) is 35.3 Å². The van der Waals surface area contributed by atoms with Crippen LogP contribution in [0.15, 0.2) is 29.8 Å². The van der Waals surface area contributed by atoms with Crippen molar-refractivity contribution in [1.29, 1.82) is 0 Å². The number of aromatic nitrogens is 3. The van der Waals surface area contributed by atoms with Gasteiger partial charge in [0.1, 0.15) is 0 Å². The van der Waals surface area contributed by atoms with E-state index in [1.807, 2.05) is 0 Å². The van der Waals surface area contributed by atoms with Gasteiger partial charge in [-0.25, -0.2) is 9.97 Å². The molecule has 2 heterocycles. The summed E-state index contributed by atoms with van der Waals surface area (Å²) in [4.78, 5) is 28.4. The average Bonchev–Trinajstić information content (AvgIpc) is 2.59. The number of amides is 1. The Balaban J connectivity index is 2.62. The highest BCUT2D eigenvalue weighted by atomic mass is 16.3. The first-order chi connectivity index (χ1) is 6.31. The summed E-state index contributed by atoms with van der Waals surface area (Å²) in [6.45, 7) is 0. The summed E-state index contributed by atoms with van der Waals surface area (Å²) in [7, 11) is 0. The predicted molar refractivity (Wildman–Crippen MR) is 43.1 cm³/mol. The molecule has 0 aromatic carbocycles. The average molecular weight is 176 g/mol. The quantitative estimate of drug-likeness (QED) is 0.597. The second-order valence-corrected chi connectivity index (χ2v) is 2.35. The van der Waals surface area contributed by atoms with Crippen LogP contribution in [-0.2, 0) is 0 Å². The van der Waals surface area contributed by atoms with Crippen LogP contribution in [0.3, 0.4) is 0 Å². The first kappa shape index (κ1) is 7.53. The molecule has 2 rings (SSSR count). The standard InChI is InChI=1S/C7H4N4O2/c12-6(10-13)5-4-11-3-1-2-8-7(11)9-5/h1-4H. The van der Waals surface area contributed by atoms with Crippen molar-refractivity contribution < 1.29 is 4.79 Å². The Labute approximate surface area is 72.2 Å². The Kier molecular flexibility index (Phi) is 1.59. The van der Waals surface area contributed by atoms with Gasteiger partial charge in [-0.1, -0.05) is 0 Å². The highest BCUT2D eigenvalue weighted by Gasteiger charge is 2.10. The molecule has 2 aromatic heterocycles. The van der Waals surface area contributed by atoms with Gasteiger partial charge >= 0.3 is 5.91 Å². The maximum atomic E-state index is 10.8. The third kappa shape index (κ3) is 1.18. The Bertz CT molecular complexity index is 443. The zero-order valence-corrected chi connectivity index (χ0v) is 6.41. The lowest BCUT2D eigenvalue weighted by Crippen LogP contribution is -1.92. The van der Waals surface area contributed by atoms with Crippen molar-refractivity contribution in [2.75, 3.05) is 0 Å². The van der Waals surface area contributed by atoms with Crippen LogP contribution in [0.1, 0.15) is 10.5 Å². The molecule has 0 unspecified atom stereocenters. The molecule has 6 nitrogen and oxygen atoms in total. The lowest BCUT2D eigenvalue weighted by molar-refractivity contribution is 0.0996. The molecule has 2 aromatic rings. The molecule has 0 fully saturated rings. The van der Waals surface area contributed by atoms with E-state index < -0.39 is 5.91 Å². The van der Waals surface area contributed by atoms with Gasteiger partial charge in [0, 0.05) is 23.8 Å². The van der Waals surface area contributed by atoms with Crippen molar-refractivity contribution in [3.8, 4) is 0 Å². The van der Waals surface area contributed by atoms with E-state index in [0.717, 1.165) is 0 Å². The molecule has 0 atom stereocenters. The van der Waals surface area contributed by atoms with Crippen LogP contribution in [0.5, 0.6) is 0 Å². The highest BCUT2D eigenvalue weighted by Crippen LogP contribution is 2.02. The molecule has 6 heteroatoms. The SMILES string of the molecule is O=NC(=O)c1cn2cccnc2n1. The molecular weight excluding hydrogens is 172 g/mol. The molecule has 0 aliphatic carbocycles. The molecule has 64 valence electrons. The molecule has 0 saturated heterocycles. The number of imidazole rings is 1. The highest BCUT2D eigenvalue weighted by molar-refractivity contribution is 5.93. The van der Waals surface area contributed by atoms with Gasteiger partial charge in [-0.05, 0) is 6.07 Å². The van der Waals surface area contributed by atoms with Crippen LogP contribution in [0.25, 0.3) is 5.78 Å². The van der Waals surface area contributed by atoms with E-state index >= 15 is 0 Å². The van der Waals surface area contributed by atoms with Gasteiger partial charge in [-0.3, -0.25) is 9.20 Å². The number of hydrogen-bond donors (Lipinski definition) is 0. The summed E-state index contributed by atoms with van der Waals surface area (Å²) in [5, 5.41) is 2.26. The van der Waals surface area contributed by atoms with E-state index in [-0.39, 0.29) is 5.69 Å². The molecule has 13 heavy (non-hydrogen) atoms. The maximum absolute atomic E-state index is 10.8. The molecule has 0 radical (unpaired) electrons. The molecular formula is C7H4N4O2. The minimum Gasteiger partial charge on any atom is -0.290 e. The third-order valence-electron chi connectivity index (χ3n) is 1.54. The second-order valence-electron chi connectivity index (χ2n) is 2.35. The number of fused-ring (bicyclic) bond motifs is 1. The first-order valence-corrected chi connectivity index (χ1v) is 3.48. The number of carbonyl (C=O) groups is 1. The minimum absolute atomic E-state index is 0.00806. The van der Waals surface area contributed by atoms with E-state index in [1.165, 1.54) is 6.20 Å². The molecule has 0 N–H and O–H groups in total. The molecule has 1 amide bonds. The molecule has 0 bridgehead atoms. The van der Waals surface area contributed by atoms with Crippen molar-refractivity contribution in [2.45, 2.75) is 0 Å². The van der Waals surface area contributed by atoms with Crippen molar-refractivity contribution in [2.24, 2.45) is 5.18 Å². The summed E-state index contributed by atoms with van der Waals surface area (Å²) in [6.07, 6.45) is 4.63. The molecule has 0 saturated carbocycles. The lowest BCUT2D eigenvalue weighted by atomic mass is 10.5. The van der Waals surface area contributed by atoms with Crippen LogP contribution in [0.4, 0.5) is 0 Å². The Morgan fingerprint density at radius 1 is 1.54 bits per heavy atom. The third-order valence-corrected chi connectivity index (χ3v) is 1.54. The Hall–Kier alpha value is -2.11. The number of nitroso groups, excluding NO2 is 1. The number of hydrogen-bond acceptors (Lipinski definition) is 4. The molecule has 0 spiro atoms. The van der Waals surface area contributed by atoms with Crippen molar-refractivity contribution >= 4 is 11.7 Å². The van der Waals surface area contributed by atoms with Crippen LogP contribution in [0, 0.1) is 4.91 Å². The molecule has 0 aliphatic rings. The van der Waals surface area contributed by atoms with Gasteiger partial charge in [0.2, 0.25) is 5.78 Å². The lowest BCUT2D eigenvalue weighted by Gasteiger charge is -1.85. The molecule has 0 aliphatic heterocycles. The Morgan fingerprint density at radius 2 is 2.38 bits per heavy atom. The minimum atomic E-state index is -0.884. The summed E-state index contributed by atoms with van der Waals surface area (Å²) in [5.74, 6) is -0.514. The zero-order valence-electron chi connectivity index (χ0n) is 6.41. The van der Waals surface area contributed by atoms with Gasteiger partial charge in [-0.2, -0.15) is 0 Å². The van der Waals surface area contributed by atoms with Crippen LogP contribution >= 0.6 is 0 Å². The summed E-state index contributed by atoms with van der Waals surface area (Å²) in [6, 6.07) is 1.69. The van der Waals surface area contributed by atoms with Crippen LogP contribution < -0.4 is 0 Å². The predicted octanol–water partition coefficient (Wildman–Crippen LogP) is 0.636. The van der Waals surface area contributed by atoms with E-state index in [4.69, 9.17) is 0 Å². The van der Waals surface area contributed by atoms with E-state index in [0.29, 0.717) is 5.78 Å². The maximum Gasteiger partial charge on any atom is 0.336 e. The summed E-state index contributed by atoms with van der Waals surface area (Å²) < 4.78 is 1.54. The monoisotopic (exact) mass is 176 g/mol. The zero-order chi connectivity index (χ0) is 9.26. The van der Waals surface area contributed by atoms with Crippen LogP contribution in [-0.4, -0.2) is 20.3 Å². The number of nitrogens with zero attached hydrogens (tertiary/aromatic N) is 4. The van der Waals surface area contributed by atoms with E-state index in [2.05, 4.69) is 15.1 Å². The van der Waals surface area contributed by atoms with E-state index in [9.17, 15) is 9.70 Å². The van der Waals surface area contributed by atoms with Gasteiger partial charge in [-0.15, -0.1) is 4.91 Å². The first-order valence-electron chi connectivity index (χ1n) is 3.48. The Morgan fingerprint density at radius 3 is 3.08 bits per heavy atom. The van der Waals surface area contributed by atoms with Crippen LogP contribution in [0.2, 0.25) is 0 Å². The topological polar surface area (TPSA) is 76.7 Å². The second kappa shape index (κ2) is 2.74.